The summed E-state index contributed by atoms with van der Waals surface area (Å²) < 4.78 is 39.1. The van der Waals surface area contributed by atoms with Crippen LogP contribution in [0.25, 0.3) is 0 Å². The largest absolute Gasteiger partial charge is 0.416 e. The zero-order valence-corrected chi connectivity index (χ0v) is 13.4. The highest BCUT2D eigenvalue weighted by molar-refractivity contribution is 7.15. The molecule has 0 radical (unpaired) electrons. The van der Waals surface area contributed by atoms with Gasteiger partial charge in [0.25, 0.3) is 0 Å². The molecule has 1 aliphatic rings. The maximum Gasteiger partial charge on any atom is 0.416 e. The van der Waals surface area contributed by atoms with E-state index in [1.54, 1.807) is 0 Å². The zero-order valence-electron chi connectivity index (χ0n) is 11.8. The summed E-state index contributed by atoms with van der Waals surface area (Å²) in [5, 5.41) is 3.35. The van der Waals surface area contributed by atoms with Crippen molar-refractivity contribution in [2.45, 2.75) is 25.4 Å². The number of amides is 1. The predicted octanol–water partition coefficient (Wildman–Crippen LogP) is 4.75. The summed E-state index contributed by atoms with van der Waals surface area (Å²) in [4.78, 5) is 16.3. The minimum absolute atomic E-state index is 0.0483. The summed E-state index contributed by atoms with van der Waals surface area (Å²) in [7, 11) is 0. The third-order valence-electron chi connectivity index (χ3n) is 3.47. The Morgan fingerprint density at radius 2 is 2.13 bits per heavy atom. The number of anilines is 1. The van der Waals surface area contributed by atoms with Gasteiger partial charge in [0.1, 0.15) is 0 Å². The number of carbonyl (C=O) groups excluding carboxylic acids is 1. The number of nitrogens with one attached hydrogen (secondary N) is 1. The predicted molar refractivity (Wildman–Crippen MR) is 82.7 cm³/mol. The van der Waals surface area contributed by atoms with Gasteiger partial charge in [-0.2, -0.15) is 13.2 Å². The molecule has 122 valence electrons. The maximum atomic E-state index is 13.0. The fraction of sp³-hybridized carbons (Fsp3) is 0.333. The van der Waals surface area contributed by atoms with E-state index in [0.29, 0.717) is 10.0 Å². The minimum atomic E-state index is -4.44. The number of hydrogen-bond donors (Lipinski definition) is 1. The second-order valence-electron chi connectivity index (χ2n) is 5.37. The Balaban J connectivity index is 1.78. The first-order valence-electron chi connectivity index (χ1n) is 6.94. The van der Waals surface area contributed by atoms with Crippen molar-refractivity contribution >= 4 is 34.0 Å². The molecule has 0 spiro atoms. The third-order valence-corrected chi connectivity index (χ3v) is 4.62. The molecule has 3 nitrogen and oxygen atoms in total. The average Bonchev–Trinajstić information content (AvgIpc) is 3.21. The molecule has 1 fully saturated rings. The number of alkyl halides is 3. The molecule has 23 heavy (non-hydrogen) atoms. The normalized spacial score (nSPS) is 14.8. The van der Waals surface area contributed by atoms with E-state index in [1.807, 2.05) is 0 Å². The highest BCUT2D eigenvalue weighted by Crippen LogP contribution is 2.35. The molecular formula is C15H12ClF3N2OS. The summed E-state index contributed by atoms with van der Waals surface area (Å²) in [6.07, 6.45) is -1.14. The smallest absolute Gasteiger partial charge is 0.302 e. The number of halogens is 4. The van der Waals surface area contributed by atoms with Crippen LogP contribution < -0.4 is 5.32 Å². The highest BCUT2D eigenvalue weighted by atomic mass is 35.5. The summed E-state index contributed by atoms with van der Waals surface area (Å²) in [6, 6.07) is 3.52. The SMILES string of the molecule is O=C(Nc1ncc(Cc2cc(Cl)ccc2C(F)(F)F)s1)C1CC1. The molecule has 0 saturated heterocycles. The molecule has 1 heterocycles. The van der Waals surface area contributed by atoms with E-state index >= 15 is 0 Å². The van der Waals surface area contributed by atoms with E-state index in [2.05, 4.69) is 10.3 Å². The lowest BCUT2D eigenvalue weighted by atomic mass is 10.0. The number of carbonyl (C=O) groups is 1. The van der Waals surface area contributed by atoms with Gasteiger partial charge in [-0.1, -0.05) is 11.6 Å². The van der Waals surface area contributed by atoms with E-state index in [9.17, 15) is 18.0 Å². The highest BCUT2D eigenvalue weighted by Gasteiger charge is 2.33. The van der Waals surface area contributed by atoms with Crippen molar-refractivity contribution in [3.63, 3.8) is 0 Å². The molecule has 3 rings (SSSR count). The van der Waals surface area contributed by atoms with Gasteiger partial charge in [0, 0.05) is 28.4 Å². The molecular weight excluding hydrogens is 349 g/mol. The lowest BCUT2D eigenvalue weighted by molar-refractivity contribution is -0.138. The van der Waals surface area contributed by atoms with Crippen LogP contribution in [-0.4, -0.2) is 10.9 Å². The van der Waals surface area contributed by atoms with E-state index in [0.717, 1.165) is 18.9 Å². The molecule has 1 aromatic heterocycles. The lowest BCUT2D eigenvalue weighted by Crippen LogP contribution is -2.12. The summed E-state index contributed by atoms with van der Waals surface area (Å²) in [5.74, 6) is -0.0308. The van der Waals surface area contributed by atoms with Crippen LogP contribution >= 0.6 is 22.9 Å². The molecule has 1 aromatic carbocycles. The summed E-state index contributed by atoms with van der Waals surface area (Å²) in [5.41, 5.74) is -0.618. The number of rotatable bonds is 4. The van der Waals surface area contributed by atoms with Crippen LogP contribution in [0, 0.1) is 5.92 Å². The molecule has 1 saturated carbocycles. The topological polar surface area (TPSA) is 42.0 Å². The second kappa shape index (κ2) is 6.13. The number of aromatic nitrogens is 1. The van der Waals surface area contributed by atoms with Crippen LogP contribution in [-0.2, 0) is 17.4 Å². The van der Waals surface area contributed by atoms with E-state index in [4.69, 9.17) is 11.6 Å². The molecule has 1 aliphatic carbocycles. The molecule has 0 unspecified atom stereocenters. The molecule has 1 amide bonds. The molecule has 8 heteroatoms. The van der Waals surface area contributed by atoms with Gasteiger partial charge in [0.15, 0.2) is 5.13 Å². The standard InChI is InChI=1S/C15H12ClF3N2OS/c16-10-3-4-12(15(17,18)19)9(5-10)6-11-7-20-14(23-11)21-13(22)8-1-2-8/h3-5,7-8H,1-2,6H2,(H,20,21,22). The maximum absolute atomic E-state index is 13.0. The Hall–Kier alpha value is -1.60. The fourth-order valence-corrected chi connectivity index (χ4v) is 3.21. The summed E-state index contributed by atoms with van der Waals surface area (Å²) >= 11 is 6.99. The van der Waals surface area contributed by atoms with E-state index < -0.39 is 11.7 Å². The van der Waals surface area contributed by atoms with Crippen LogP contribution in [0.2, 0.25) is 5.02 Å². The average molecular weight is 361 g/mol. The molecule has 0 atom stereocenters. The number of thiazole rings is 1. The quantitative estimate of drug-likeness (QED) is 0.854. The van der Waals surface area contributed by atoms with Gasteiger partial charge in [-0.3, -0.25) is 4.79 Å². The first kappa shape index (κ1) is 16.3. The number of benzene rings is 1. The lowest BCUT2D eigenvalue weighted by Gasteiger charge is -2.12. The first-order valence-corrected chi connectivity index (χ1v) is 8.13. The fourth-order valence-electron chi connectivity index (χ4n) is 2.17. The van der Waals surface area contributed by atoms with Gasteiger partial charge < -0.3 is 5.32 Å². The van der Waals surface area contributed by atoms with Gasteiger partial charge in [0.05, 0.1) is 5.56 Å². The van der Waals surface area contributed by atoms with Crippen LogP contribution in [0.4, 0.5) is 18.3 Å². The van der Waals surface area contributed by atoms with Gasteiger partial charge in [-0.15, -0.1) is 11.3 Å². The van der Waals surface area contributed by atoms with Gasteiger partial charge in [0.2, 0.25) is 5.91 Å². The Bertz CT molecular complexity index is 741. The molecule has 0 bridgehead atoms. The number of hydrogen-bond acceptors (Lipinski definition) is 3. The van der Waals surface area contributed by atoms with Crippen LogP contribution in [0.1, 0.15) is 28.8 Å². The number of nitrogens with zero attached hydrogens (tertiary/aromatic N) is 1. The monoisotopic (exact) mass is 360 g/mol. The Morgan fingerprint density at radius 3 is 2.78 bits per heavy atom. The first-order chi connectivity index (χ1) is 10.8. The molecule has 2 aromatic rings. The van der Waals surface area contributed by atoms with Crippen molar-refractivity contribution < 1.29 is 18.0 Å². The van der Waals surface area contributed by atoms with Crippen molar-refractivity contribution in [2.24, 2.45) is 5.92 Å². The summed E-state index contributed by atoms with van der Waals surface area (Å²) in [6.45, 7) is 0. The van der Waals surface area contributed by atoms with E-state index in [1.165, 1.54) is 29.7 Å². The van der Waals surface area contributed by atoms with Crippen LogP contribution in [0.3, 0.4) is 0 Å². The molecule has 1 N–H and O–H groups in total. The van der Waals surface area contributed by atoms with Crippen molar-refractivity contribution in [1.82, 2.24) is 4.98 Å². The zero-order chi connectivity index (χ0) is 16.6. The van der Waals surface area contributed by atoms with Crippen molar-refractivity contribution in [2.75, 3.05) is 5.32 Å². The Labute approximate surface area is 139 Å². The molecule has 0 aliphatic heterocycles. The van der Waals surface area contributed by atoms with Crippen molar-refractivity contribution in [3.8, 4) is 0 Å². The van der Waals surface area contributed by atoms with Crippen LogP contribution in [0.5, 0.6) is 0 Å². The van der Waals surface area contributed by atoms with Gasteiger partial charge >= 0.3 is 6.18 Å². The van der Waals surface area contributed by atoms with Crippen molar-refractivity contribution in [3.05, 3.63) is 45.4 Å². The third kappa shape index (κ3) is 4.03. The van der Waals surface area contributed by atoms with Crippen LogP contribution in [0.15, 0.2) is 24.4 Å². The van der Waals surface area contributed by atoms with E-state index in [-0.39, 0.29) is 28.8 Å². The van der Waals surface area contributed by atoms with Crippen molar-refractivity contribution in [1.29, 1.82) is 0 Å². The Kier molecular flexibility index (Phi) is 4.33. The van der Waals surface area contributed by atoms with Gasteiger partial charge in [-0.05, 0) is 36.6 Å². The Morgan fingerprint density at radius 1 is 1.39 bits per heavy atom. The van der Waals surface area contributed by atoms with Gasteiger partial charge in [-0.25, -0.2) is 4.98 Å². The minimum Gasteiger partial charge on any atom is -0.302 e. The second-order valence-corrected chi connectivity index (χ2v) is 6.92.